The molecule has 11 heteroatoms. The molecule has 0 bridgehead atoms. The maximum atomic E-state index is 13.2. The van der Waals surface area contributed by atoms with Gasteiger partial charge in [0.05, 0.1) is 19.1 Å². The van der Waals surface area contributed by atoms with Gasteiger partial charge in [0.2, 0.25) is 5.91 Å². The van der Waals surface area contributed by atoms with Crippen LogP contribution in [0.5, 0.6) is 11.5 Å². The van der Waals surface area contributed by atoms with Crippen molar-refractivity contribution in [3.63, 3.8) is 0 Å². The summed E-state index contributed by atoms with van der Waals surface area (Å²) < 4.78 is 24.0. The Morgan fingerprint density at radius 1 is 1.25 bits per heavy atom. The van der Waals surface area contributed by atoms with Crippen LogP contribution in [0.1, 0.15) is 11.6 Å². The van der Waals surface area contributed by atoms with Crippen LogP contribution in [0.25, 0.3) is 0 Å². The molecule has 1 saturated heterocycles. The number of carboxylic acid groups (broad SMARTS) is 1. The first kappa shape index (κ1) is 23.1. The van der Waals surface area contributed by atoms with Gasteiger partial charge in [-0.25, -0.2) is 9.18 Å². The van der Waals surface area contributed by atoms with Crippen molar-refractivity contribution in [1.82, 2.24) is 10.6 Å². The third kappa shape index (κ3) is 5.17. The molecule has 1 heterocycles. The fourth-order valence-corrected chi connectivity index (χ4v) is 3.77. The molecule has 3 amide bonds. The van der Waals surface area contributed by atoms with Crippen LogP contribution in [0.3, 0.4) is 0 Å². The lowest BCUT2D eigenvalue weighted by molar-refractivity contribution is -0.307. The number of carbonyl (C=O) groups excluding carboxylic acids is 3. The monoisotopic (exact) mass is 506 g/mol. The molecule has 0 aliphatic carbocycles. The number of nitrogens with one attached hydrogen (secondary N) is 3. The minimum atomic E-state index is -1.41. The first-order chi connectivity index (χ1) is 15.2. The van der Waals surface area contributed by atoms with E-state index in [0.29, 0.717) is 15.7 Å². The lowest BCUT2D eigenvalue weighted by Crippen LogP contribution is -2.52. The molecule has 1 aliphatic rings. The van der Waals surface area contributed by atoms with Gasteiger partial charge in [-0.15, -0.1) is 0 Å². The van der Waals surface area contributed by atoms with Gasteiger partial charge in [0.1, 0.15) is 18.3 Å². The van der Waals surface area contributed by atoms with Crippen LogP contribution >= 0.6 is 15.9 Å². The van der Waals surface area contributed by atoms with E-state index in [1.807, 2.05) is 0 Å². The third-order valence-electron chi connectivity index (χ3n) is 4.63. The quantitative estimate of drug-likeness (QED) is 0.525. The average molecular weight is 507 g/mol. The highest BCUT2D eigenvalue weighted by atomic mass is 79.9. The summed E-state index contributed by atoms with van der Waals surface area (Å²) in [6.45, 7) is 3.11. The predicted molar refractivity (Wildman–Crippen MR) is 113 cm³/mol. The molecule has 168 valence electrons. The summed E-state index contributed by atoms with van der Waals surface area (Å²) in [4.78, 5) is 35.9. The minimum Gasteiger partial charge on any atom is -0.546 e. The number of methoxy groups -OCH3 is 1. The molecule has 3 rings (SSSR count). The Labute approximate surface area is 190 Å². The number of benzene rings is 2. The van der Waals surface area contributed by atoms with E-state index in [-0.39, 0.29) is 17.2 Å². The number of amides is 3. The van der Waals surface area contributed by atoms with Crippen molar-refractivity contribution in [3.05, 3.63) is 64.5 Å². The molecule has 1 fully saturated rings. The fraction of sp³-hybridized carbons (Fsp3) is 0.190. The molecule has 32 heavy (non-hydrogen) atoms. The zero-order valence-corrected chi connectivity index (χ0v) is 18.3. The smallest absolute Gasteiger partial charge is 0.319 e. The predicted octanol–water partition coefficient (Wildman–Crippen LogP) is 1.85. The molecule has 3 N–H and O–H groups in total. The zero-order valence-electron chi connectivity index (χ0n) is 16.7. The number of hydrogen-bond acceptors (Lipinski definition) is 6. The second kappa shape index (κ2) is 9.69. The van der Waals surface area contributed by atoms with Gasteiger partial charge in [0.15, 0.2) is 11.5 Å². The maximum Gasteiger partial charge on any atom is 0.319 e. The van der Waals surface area contributed by atoms with Crippen LogP contribution in [-0.4, -0.2) is 31.6 Å². The summed E-state index contributed by atoms with van der Waals surface area (Å²) in [5, 5.41) is 18.6. The summed E-state index contributed by atoms with van der Waals surface area (Å²) in [5.74, 6) is -3.00. The van der Waals surface area contributed by atoms with Crippen molar-refractivity contribution in [1.29, 1.82) is 0 Å². The summed E-state index contributed by atoms with van der Waals surface area (Å²) in [7, 11) is 1.36. The summed E-state index contributed by atoms with van der Waals surface area (Å²) in [6, 6.07) is 6.76. The zero-order chi connectivity index (χ0) is 23.4. The normalized spacial score (nSPS) is 17.7. The molecule has 2 atom stereocenters. The Hall–Kier alpha value is -3.60. The molecule has 1 aliphatic heterocycles. The number of anilines is 1. The van der Waals surface area contributed by atoms with Gasteiger partial charge in [-0.3, -0.25) is 4.79 Å². The van der Waals surface area contributed by atoms with Gasteiger partial charge in [0.25, 0.3) is 0 Å². The van der Waals surface area contributed by atoms with E-state index in [4.69, 9.17) is 9.47 Å². The minimum absolute atomic E-state index is 0.124. The van der Waals surface area contributed by atoms with Crippen LogP contribution < -0.4 is 30.5 Å². The molecular formula is C21H18BrFN3O6-. The molecule has 0 spiro atoms. The second-order valence-electron chi connectivity index (χ2n) is 6.76. The highest BCUT2D eigenvalue weighted by Crippen LogP contribution is 2.40. The topological polar surface area (TPSA) is 129 Å². The van der Waals surface area contributed by atoms with Gasteiger partial charge < -0.3 is 35.3 Å². The molecule has 0 aromatic heterocycles. The van der Waals surface area contributed by atoms with E-state index in [1.165, 1.54) is 43.5 Å². The molecule has 9 nitrogen and oxygen atoms in total. The van der Waals surface area contributed by atoms with Gasteiger partial charge >= 0.3 is 6.03 Å². The van der Waals surface area contributed by atoms with Gasteiger partial charge in [0, 0.05) is 15.9 Å². The number of carboxylic acids is 1. The van der Waals surface area contributed by atoms with Crippen LogP contribution in [0.15, 0.2) is 53.1 Å². The van der Waals surface area contributed by atoms with Gasteiger partial charge in [-0.05, 0) is 42.0 Å². The first-order valence-corrected chi connectivity index (χ1v) is 10.0. The Morgan fingerprint density at radius 2 is 1.94 bits per heavy atom. The van der Waals surface area contributed by atoms with Crippen LogP contribution in [0, 0.1) is 11.7 Å². The van der Waals surface area contributed by atoms with Crippen molar-refractivity contribution in [2.75, 3.05) is 19.0 Å². The van der Waals surface area contributed by atoms with Crippen LogP contribution in [0.4, 0.5) is 14.9 Å². The van der Waals surface area contributed by atoms with Gasteiger partial charge in [-0.2, -0.15) is 0 Å². The van der Waals surface area contributed by atoms with Crippen molar-refractivity contribution in [2.24, 2.45) is 5.92 Å². The van der Waals surface area contributed by atoms with Crippen molar-refractivity contribution in [3.8, 4) is 11.5 Å². The molecule has 2 aromatic rings. The summed E-state index contributed by atoms with van der Waals surface area (Å²) >= 11 is 3.37. The van der Waals surface area contributed by atoms with E-state index >= 15 is 0 Å². The lowest BCUT2D eigenvalue weighted by Gasteiger charge is -2.34. The Balaban J connectivity index is 1.95. The van der Waals surface area contributed by atoms with Crippen LogP contribution in [0.2, 0.25) is 0 Å². The molecule has 0 unspecified atom stereocenters. The summed E-state index contributed by atoms with van der Waals surface area (Å²) in [5.41, 5.74) is 0.974. The number of urea groups is 1. The standard InChI is InChI=1S/C21H19BrFN3O6/c1-10-18(20(29)25-12-5-3-11(23)4-6-12)19(26-21(30)24-10)13-7-15(31-2)16(8-14(13)22)32-9-17(27)28/h3-8,18-19H,1,9H2,2H3,(H,25,29)(H,27,28)(H2,24,26,30)/p-1/t18-,19+/m1/s1. The number of hydrogen-bond donors (Lipinski definition) is 3. The average Bonchev–Trinajstić information content (AvgIpc) is 2.73. The van der Waals surface area contributed by atoms with Gasteiger partial charge in [-0.1, -0.05) is 22.5 Å². The number of rotatable bonds is 7. The maximum absolute atomic E-state index is 13.2. The van der Waals surface area contributed by atoms with Crippen molar-refractivity contribution >= 4 is 39.5 Å². The molecule has 2 aromatic carbocycles. The highest BCUT2D eigenvalue weighted by molar-refractivity contribution is 9.10. The van der Waals surface area contributed by atoms with E-state index in [1.54, 1.807) is 0 Å². The van der Waals surface area contributed by atoms with Crippen molar-refractivity contribution < 1.29 is 33.4 Å². The third-order valence-corrected chi connectivity index (χ3v) is 5.31. The number of halogens is 2. The largest absolute Gasteiger partial charge is 0.546 e. The number of aliphatic carboxylic acids is 1. The van der Waals surface area contributed by atoms with E-state index in [0.717, 1.165) is 0 Å². The Kier molecular flexibility index (Phi) is 6.98. The molecule has 0 saturated carbocycles. The number of ether oxygens (including phenoxy) is 2. The lowest BCUT2D eigenvalue weighted by atomic mass is 9.88. The fourth-order valence-electron chi connectivity index (χ4n) is 3.20. The Bertz CT molecular complexity index is 1080. The SMILES string of the molecule is C=C1NC(=O)N[C@@H](c2cc(OC)c(OCC(=O)[O-])cc2Br)[C@@H]1C(=O)Nc1ccc(F)cc1. The summed E-state index contributed by atoms with van der Waals surface area (Å²) in [6.07, 6.45) is 0. The molecule has 0 radical (unpaired) electrons. The number of carbonyl (C=O) groups is 3. The molecular weight excluding hydrogens is 489 g/mol. The van der Waals surface area contributed by atoms with E-state index < -0.39 is 42.3 Å². The highest BCUT2D eigenvalue weighted by Gasteiger charge is 2.39. The second-order valence-corrected chi connectivity index (χ2v) is 7.61. The van der Waals surface area contributed by atoms with E-state index in [2.05, 4.69) is 38.5 Å². The van der Waals surface area contributed by atoms with E-state index in [9.17, 15) is 23.9 Å². The van der Waals surface area contributed by atoms with Crippen LogP contribution in [-0.2, 0) is 9.59 Å². The first-order valence-electron chi connectivity index (χ1n) is 9.22. The van der Waals surface area contributed by atoms with Crippen molar-refractivity contribution in [2.45, 2.75) is 6.04 Å². The Morgan fingerprint density at radius 3 is 2.56 bits per heavy atom.